The molecule has 0 atom stereocenters. The van der Waals surface area contributed by atoms with Crippen molar-refractivity contribution < 1.29 is 9.84 Å². The summed E-state index contributed by atoms with van der Waals surface area (Å²) in [7, 11) is 0. The van der Waals surface area contributed by atoms with Gasteiger partial charge in [0, 0.05) is 6.54 Å². The molecule has 0 radical (unpaired) electrons. The third-order valence-corrected chi connectivity index (χ3v) is 2.21. The van der Waals surface area contributed by atoms with E-state index in [1.54, 1.807) is 0 Å². The molecule has 2 aliphatic rings. The second-order valence-corrected chi connectivity index (χ2v) is 3.35. The van der Waals surface area contributed by atoms with E-state index in [2.05, 4.69) is 4.90 Å². The largest absolute Gasteiger partial charge is 0.384 e. The van der Waals surface area contributed by atoms with E-state index in [9.17, 15) is 5.11 Å². The van der Waals surface area contributed by atoms with Crippen LogP contribution in [0.4, 0.5) is 0 Å². The summed E-state index contributed by atoms with van der Waals surface area (Å²) in [5, 5.41) is 9.58. The van der Waals surface area contributed by atoms with Gasteiger partial charge in [0.2, 0.25) is 0 Å². The molecule has 0 amide bonds. The smallest absolute Gasteiger partial charge is 0.124 e. The fraction of sp³-hybridized carbons (Fsp3) is 1.00. The van der Waals surface area contributed by atoms with E-state index in [-0.39, 0.29) is 0 Å². The Kier molecular flexibility index (Phi) is 1.44. The molecule has 2 aliphatic heterocycles. The van der Waals surface area contributed by atoms with E-state index in [1.807, 2.05) is 0 Å². The first-order chi connectivity index (χ1) is 4.79. The summed E-state index contributed by atoms with van der Waals surface area (Å²) >= 11 is 0. The molecule has 58 valence electrons. The number of hydrogen-bond donors (Lipinski definition) is 1. The van der Waals surface area contributed by atoms with Crippen molar-refractivity contribution in [3.05, 3.63) is 0 Å². The minimum absolute atomic E-state index is 0.500. The minimum atomic E-state index is -0.500. The Hall–Kier alpha value is -0.120. The van der Waals surface area contributed by atoms with Crippen LogP contribution in [0.5, 0.6) is 0 Å². The first-order valence-corrected chi connectivity index (χ1v) is 3.81. The van der Waals surface area contributed by atoms with Crippen molar-refractivity contribution in [2.75, 3.05) is 32.8 Å². The molecule has 2 saturated heterocycles. The van der Waals surface area contributed by atoms with Crippen LogP contribution in [0, 0.1) is 0 Å². The normalized spacial score (nSPS) is 30.9. The van der Waals surface area contributed by atoms with Crippen molar-refractivity contribution >= 4 is 0 Å². The van der Waals surface area contributed by atoms with Gasteiger partial charge in [0.25, 0.3) is 0 Å². The maximum Gasteiger partial charge on any atom is 0.124 e. The lowest BCUT2D eigenvalue weighted by atomic mass is 10.00. The van der Waals surface area contributed by atoms with Crippen LogP contribution in [-0.2, 0) is 4.74 Å². The maximum absolute atomic E-state index is 9.58. The first-order valence-electron chi connectivity index (χ1n) is 3.81. The van der Waals surface area contributed by atoms with Gasteiger partial charge in [0.15, 0.2) is 0 Å². The van der Waals surface area contributed by atoms with Crippen LogP contribution in [0.1, 0.15) is 6.42 Å². The van der Waals surface area contributed by atoms with Gasteiger partial charge in [-0.3, -0.25) is 0 Å². The van der Waals surface area contributed by atoms with Gasteiger partial charge in [0.05, 0.1) is 13.2 Å². The van der Waals surface area contributed by atoms with Gasteiger partial charge in [-0.1, -0.05) is 0 Å². The Morgan fingerprint density at radius 2 is 2.10 bits per heavy atom. The van der Waals surface area contributed by atoms with E-state index in [0.29, 0.717) is 13.2 Å². The van der Waals surface area contributed by atoms with Crippen LogP contribution >= 0.6 is 0 Å². The quantitative estimate of drug-likeness (QED) is 0.563. The Bertz CT molecular complexity index is 130. The average Bonchev–Trinajstić information content (AvgIpc) is 1.74. The van der Waals surface area contributed by atoms with Crippen LogP contribution < -0.4 is 0 Å². The number of aliphatic hydroxyl groups is 1. The summed E-state index contributed by atoms with van der Waals surface area (Å²) in [4.78, 5) is 2.27. The first kappa shape index (κ1) is 6.58. The summed E-state index contributed by atoms with van der Waals surface area (Å²) < 4.78 is 4.93. The molecular formula is C7H13NO2. The lowest BCUT2D eigenvalue weighted by Gasteiger charge is -2.43. The highest BCUT2D eigenvalue weighted by molar-refractivity contribution is 4.90. The molecule has 0 unspecified atom stereocenters. The Balaban J connectivity index is 1.77. The molecule has 0 saturated carbocycles. The van der Waals surface area contributed by atoms with Crippen LogP contribution in [0.3, 0.4) is 0 Å². The monoisotopic (exact) mass is 143 g/mol. The average molecular weight is 143 g/mol. The summed E-state index contributed by atoms with van der Waals surface area (Å²) in [6.45, 7) is 4.19. The van der Waals surface area contributed by atoms with E-state index in [1.165, 1.54) is 6.42 Å². The van der Waals surface area contributed by atoms with Crippen molar-refractivity contribution in [1.82, 2.24) is 4.90 Å². The zero-order valence-corrected chi connectivity index (χ0v) is 6.05. The van der Waals surface area contributed by atoms with E-state index >= 15 is 0 Å². The van der Waals surface area contributed by atoms with Gasteiger partial charge in [-0.15, -0.1) is 0 Å². The Morgan fingerprint density at radius 1 is 1.40 bits per heavy atom. The summed E-state index contributed by atoms with van der Waals surface area (Å²) in [6.07, 6.45) is 1.29. The molecule has 10 heavy (non-hydrogen) atoms. The molecule has 3 nitrogen and oxygen atoms in total. The standard InChI is InChI=1S/C7H13NO2/c9-7(5-10-6-7)4-8-2-1-3-8/h9H,1-6H2. The summed E-state index contributed by atoms with van der Waals surface area (Å²) in [6, 6.07) is 0. The number of hydrogen-bond acceptors (Lipinski definition) is 3. The van der Waals surface area contributed by atoms with Crippen LogP contribution in [0.25, 0.3) is 0 Å². The van der Waals surface area contributed by atoms with Crippen LogP contribution in [0.15, 0.2) is 0 Å². The fourth-order valence-corrected chi connectivity index (χ4v) is 1.39. The van der Waals surface area contributed by atoms with Gasteiger partial charge < -0.3 is 14.7 Å². The van der Waals surface area contributed by atoms with E-state index in [0.717, 1.165) is 19.6 Å². The molecule has 2 fully saturated rings. The predicted molar refractivity (Wildman–Crippen MR) is 36.8 cm³/mol. The Morgan fingerprint density at radius 3 is 2.40 bits per heavy atom. The lowest BCUT2D eigenvalue weighted by molar-refractivity contribution is -0.191. The lowest BCUT2D eigenvalue weighted by Crippen LogP contribution is -2.59. The van der Waals surface area contributed by atoms with Crippen molar-refractivity contribution in [2.45, 2.75) is 12.0 Å². The second-order valence-electron chi connectivity index (χ2n) is 3.35. The fourth-order valence-electron chi connectivity index (χ4n) is 1.39. The molecule has 0 spiro atoms. The number of ether oxygens (including phenoxy) is 1. The van der Waals surface area contributed by atoms with Crippen molar-refractivity contribution in [1.29, 1.82) is 0 Å². The van der Waals surface area contributed by atoms with Gasteiger partial charge in [-0.25, -0.2) is 0 Å². The highest BCUT2D eigenvalue weighted by Crippen LogP contribution is 2.20. The molecule has 0 aromatic carbocycles. The third kappa shape index (κ3) is 1.05. The van der Waals surface area contributed by atoms with Crippen LogP contribution in [-0.4, -0.2) is 48.5 Å². The third-order valence-electron chi connectivity index (χ3n) is 2.21. The highest BCUT2D eigenvalue weighted by atomic mass is 16.5. The van der Waals surface area contributed by atoms with Gasteiger partial charge in [-0.05, 0) is 19.5 Å². The molecule has 3 heteroatoms. The minimum Gasteiger partial charge on any atom is -0.384 e. The predicted octanol–water partition coefficient (Wildman–Crippen LogP) is -0.547. The molecule has 0 aromatic heterocycles. The zero-order chi connectivity index (χ0) is 7.03. The van der Waals surface area contributed by atoms with Crippen molar-refractivity contribution in [2.24, 2.45) is 0 Å². The number of rotatable bonds is 2. The molecule has 0 aliphatic carbocycles. The topological polar surface area (TPSA) is 32.7 Å². The van der Waals surface area contributed by atoms with Crippen LogP contribution in [0.2, 0.25) is 0 Å². The second kappa shape index (κ2) is 2.19. The molecule has 0 aromatic rings. The van der Waals surface area contributed by atoms with Gasteiger partial charge in [-0.2, -0.15) is 0 Å². The van der Waals surface area contributed by atoms with Crippen molar-refractivity contribution in [3.63, 3.8) is 0 Å². The van der Waals surface area contributed by atoms with Crippen molar-refractivity contribution in [3.8, 4) is 0 Å². The Labute approximate surface area is 60.6 Å². The summed E-state index contributed by atoms with van der Waals surface area (Å²) in [5.41, 5.74) is -0.500. The zero-order valence-electron chi connectivity index (χ0n) is 6.05. The highest BCUT2D eigenvalue weighted by Gasteiger charge is 2.38. The van der Waals surface area contributed by atoms with Gasteiger partial charge >= 0.3 is 0 Å². The number of β-amino-alcohol motifs (C(OH)–C–C–N with tert-alkyl or cyclic N) is 1. The summed E-state index contributed by atoms with van der Waals surface area (Å²) in [5.74, 6) is 0. The molecular weight excluding hydrogens is 130 g/mol. The van der Waals surface area contributed by atoms with E-state index in [4.69, 9.17) is 4.74 Å². The number of likely N-dealkylation sites (tertiary alicyclic amines) is 1. The molecule has 1 N–H and O–H groups in total. The number of nitrogens with zero attached hydrogens (tertiary/aromatic N) is 1. The maximum atomic E-state index is 9.58. The van der Waals surface area contributed by atoms with Gasteiger partial charge in [0.1, 0.15) is 5.60 Å². The molecule has 0 bridgehead atoms. The molecule has 2 heterocycles. The van der Waals surface area contributed by atoms with E-state index < -0.39 is 5.60 Å². The SMILES string of the molecule is OC1(CN2CCC2)COC1. The molecule has 2 rings (SSSR count).